The zero-order valence-electron chi connectivity index (χ0n) is 12.7. The number of hydrogen-bond acceptors (Lipinski definition) is 5. The molecule has 0 bridgehead atoms. The molecule has 8 heteroatoms. The van der Waals surface area contributed by atoms with E-state index in [0.29, 0.717) is 18.0 Å². The lowest BCUT2D eigenvalue weighted by molar-refractivity contribution is -0.160. The topological polar surface area (TPSA) is 105 Å². The van der Waals surface area contributed by atoms with Gasteiger partial charge in [-0.05, 0) is 45.0 Å². The number of aromatic carboxylic acids is 1. The minimum Gasteiger partial charge on any atom is -0.478 e. The second kappa shape index (κ2) is 8.02. The molecule has 1 rings (SSSR count). The SMILES string of the molecule is CC(C)(C)C(=O)ONCCNS(=O)c1ccc(C(=O)O)cc1. The van der Waals surface area contributed by atoms with Gasteiger partial charge in [0.15, 0.2) is 0 Å². The number of carbonyl (C=O) groups excluding carboxylic acids is 1. The minimum atomic E-state index is -1.46. The molecule has 0 saturated heterocycles. The Morgan fingerprint density at radius 1 is 1.18 bits per heavy atom. The van der Waals surface area contributed by atoms with Crippen LogP contribution in [-0.4, -0.2) is 34.3 Å². The summed E-state index contributed by atoms with van der Waals surface area (Å²) in [4.78, 5) is 27.5. The van der Waals surface area contributed by atoms with Crippen LogP contribution in [0.5, 0.6) is 0 Å². The molecule has 0 amide bonds. The van der Waals surface area contributed by atoms with E-state index in [1.807, 2.05) is 0 Å². The Labute approximate surface area is 131 Å². The summed E-state index contributed by atoms with van der Waals surface area (Å²) in [6.07, 6.45) is 0. The number of carbonyl (C=O) groups is 2. The van der Waals surface area contributed by atoms with Crippen LogP contribution in [0.3, 0.4) is 0 Å². The van der Waals surface area contributed by atoms with E-state index in [-0.39, 0.29) is 11.5 Å². The number of rotatable bonds is 7. The Morgan fingerprint density at radius 2 is 1.77 bits per heavy atom. The summed E-state index contributed by atoms with van der Waals surface area (Å²) in [5, 5.41) is 8.78. The summed E-state index contributed by atoms with van der Waals surface area (Å²) in [6.45, 7) is 5.83. The van der Waals surface area contributed by atoms with Crippen molar-refractivity contribution in [2.75, 3.05) is 13.1 Å². The van der Waals surface area contributed by atoms with Crippen LogP contribution < -0.4 is 10.2 Å². The monoisotopic (exact) mass is 328 g/mol. The van der Waals surface area contributed by atoms with Gasteiger partial charge >= 0.3 is 11.9 Å². The van der Waals surface area contributed by atoms with Gasteiger partial charge in [0.05, 0.1) is 15.9 Å². The highest BCUT2D eigenvalue weighted by Gasteiger charge is 2.23. The summed E-state index contributed by atoms with van der Waals surface area (Å²) in [6, 6.07) is 5.75. The predicted octanol–water partition coefficient (Wildman–Crippen LogP) is 1.09. The van der Waals surface area contributed by atoms with Gasteiger partial charge in [-0.2, -0.15) is 5.48 Å². The first-order chi connectivity index (χ1) is 10.2. The Hall–Kier alpha value is -1.77. The number of hydroxylamine groups is 1. The van der Waals surface area contributed by atoms with Crippen molar-refractivity contribution in [3.8, 4) is 0 Å². The third kappa shape index (κ3) is 5.92. The summed E-state index contributed by atoms with van der Waals surface area (Å²) in [5.74, 6) is -1.41. The molecule has 0 aliphatic rings. The van der Waals surface area contributed by atoms with Gasteiger partial charge in [-0.15, -0.1) is 0 Å². The van der Waals surface area contributed by atoms with Crippen molar-refractivity contribution < 1.29 is 23.7 Å². The minimum absolute atomic E-state index is 0.136. The molecule has 122 valence electrons. The van der Waals surface area contributed by atoms with Crippen LogP contribution in [0.15, 0.2) is 29.2 Å². The molecular formula is C14H20N2O5S. The molecule has 1 aromatic rings. The predicted molar refractivity (Wildman–Crippen MR) is 81.4 cm³/mol. The lowest BCUT2D eigenvalue weighted by Crippen LogP contribution is -2.34. The molecule has 0 spiro atoms. The fourth-order valence-electron chi connectivity index (χ4n) is 1.27. The normalized spacial score (nSPS) is 12.7. The number of benzene rings is 1. The molecule has 1 atom stereocenters. The average molecular weight is 328 g/mol. The van der Waals surface area contributed by atoms with Gasteiger partial charge < -0.3 is 9.94 Å². The van der Waals surface area contributed by atoms with Crippen molar-refractivity contribution >= 4 is 22.9 Å². The Balaban J connectivity index is 2.32. The lowest BCUT2D eigenvalue weighted by atomic mass is 9.98. The third-order valence-electron chi connectivity index (χ3n) is 2.55. The fourth-order valence-corrected chi connectivity index (χ4v) is 2.11. The lowest BCUT2D eigenvalue weighted by Gasteiger charge is -2.16. The zero-order valence-corrected chi connectivity index (χ0v) is 13.5. The molecule has 22 heavy (non-hydrogen) atoms. The Kier molecular flexibility index (Phi) is 6.66. The van der Waals surface area contributed by atoms with Crippen LogP contribution in [0.2, 0.25) is 0 Å². The Morgan fingerprint density at radius 3 is 2.27 bits per heavy atom. The highest BCUT2D eigenvalue weighted by Crippen LogP contribution is 2.13. The third-order valence-corrected chi connectivity index (χ3v) is 3.72. The second-order valence-electron chi connectivity index (χ2n) is 5.53. The van der Waals surface area contributed by atoms with Crippen molar-refractivity contribution in [3.63, 3.8) is 0 Å². The number of hydrogen-bond donors (Lipinski definition) is 3. The summed E-state index contributed by atoms with van der Waals surface area (Å²) in [5.41, 5.74) is 2.05. The maximum atomic E-state index is 11.9. The standard InChI is InChI=1S/C14H20N2O5S/c1-14(2,3)13(19)21-15-8-9-16-22(20)11-6-4-10(5-7-11)12(17)18/h4-7,15-16H,8-9H2,1-3H3,(H,17,18). The van der Waals surface area contributed by atoms with E-state index in [1.54, 1.807) is 20.8 Å². The summed E-state index contributed by atoms with van der Waals surface area (Å²) < 4.78 is 14.6. The van der Waals surface area contributed by atoms with Crippen LogP contribution >= 0.6 is 0 Å². The maximum absolute atomic E-state index is 11.9. The molecule has 7 nitrogen and oxygen atoms in total. The zero-order chi connectivity index (χ0) is 16.8. The largest absolute Gasteiger partial charge is 0.478 e. The van der Waals surface area contributed by atoms with E-state index in [2.05, 4.69) is 10.2 Å². The van der Waals surface area contributed by atoms with Crippen LogP contribution in [0.4, 0.5) is 0 Å². The molecule has 0 saturated carbocycles. The number of carboxylic acids is 1. The van der Waals surface area contributed by atoms with Crippen molar-refractivity contribution in [3.05, 3.63) is 29.8 Å². The van der Waals surface area contributed by atoms with Gasteiger partial charge in [-0.1, -0.05) is 0 Å². The molecular weight excluding hydrogens is 308 g/mol. The number of nitrogens with one attached hydrogen (secondary N) is 2. The highest BCUT2D eigenvalue weighted by atomic mass is 32.2. The molecule has 0 fully saturated rings. The first-order valence-electron chi connectivity index (χ1n) is 6.64. The molecule has 0 radical (unpaired) electrons. The van der Waals surface area contributed by atoms with E-state index in [9.17, 15) is 13.8 Å². The van der Waals surface area contributed by atoms with Crippen molar-refractivity contribution in [1.82, 2.24) is 10.2 Å². The van der Waals surface area contributed by atoms with Crippen LogP contribution in [0, 0.1) is 5.41 Å². The van der Waals surface area contributed by atoms with Crippen molar-refractivity contribution in [1.29, 1.82) is 0 Å². The first-order valence-corrected chi connectivity index (χ1v) is 7.79. The van der Waals surface area contributed by atoms with Gasteiger partial charge in [-0.25, -0.2) is 18.5 Å². The average Bonchev–Trinajstić information content (AvgIpc) is 2.45. The summed E-state index contributed by atoms with van der Waals surface area (Å²) >= 11 is 0. The van der Waals surface area contributed by atoms with Crippen LogP contribution in [0.1, 0.15) is 31.1 Å². The van der Waals surface area contributed by atoms with Crippen LogP contribution in [-0.2, 0) is 20.6 Å². The maximum Gasteiger partial charge on any atom is 0.335 e. The Bertz CT molecular complexity index is 551. The van der Waals surface area contributed by atoms with Gasteiger partial charge in [0.1, 0.15) is 11.0 Å². The fraction of sp³-hybridized carbons (Fsp3) is 0.429. The highest BCUT2D eigenvalue weighted by molar-refractivity contribution is 7.83. The second-order valence-corrected chi connectivity index (χ2v) is 6.82. The summed E-state index contributed by atoms with van der Waals surface area (Å²) in [7, 11) is -1.46. The molecule has 0 heterocycles. The molecule has 3 N–H and O–H groups in total. The van der Waals surface area contributed by atoms with E-state index in [0.717, 1.165) is 0 Å². The molecule has 0 aliphatic heterocycles. The number of carboxylic acid groups (broad SMARTS) is 1. The van der Waals surface area contributed by atoms with E-state index in [1.165, 1.54) is 24.3 Å². The molecule has 1 unspecified atom stereocenters. The van der Waals surface area contributed by atoms with E-state index >= 15 is 0 Å². The molecule has 0 aromatic heterocycles. The van der Waals surface area contributed by atoms with Gasteiger partial charge in [0.25, 0.3) is 0 Å². The van der Waals surface area contributed by atoms with Crippen LogP contribution in [0.25, 0.3) is 0 Å². The van der Waals surface area contributed by atoms with Gasteiger partial charge in [-0.3, -0.25) is 0 Å². The molecule has 0 aliphatic carbocycles. The molecule has 1 aromatic carbocycles. The van der Waals surface area contributed by atoms with Gasteiger partial charge in [0.2, 0.25) is 0 Å². The smallest absolute Gasteiger partial charge is 0.335 e. The van der Waals surface area contributed by atoms with E-state index in [4.69, 9.17) is 9.94 Å². The van der Waals surface area contributed by atoms with Crippen molar-refractivity contribution in [2.24, 2.45) is 5.41 Å². The quantitative estimate of drug-likeness (QED) is 0.511. The first kappa shape index (κ1) is 18.3. The van der Waals surface area contributed by atoms with E-state index < -0.39 is 22.4 Å². The van der Waals surface area contributed by atoms with Gasteiger partial charge in [0, 0.05) is 13.1 Å². The van der Waals surface area contributed by atoms with Crippen molar-refractivity contribution in [2.45, 2.75) is 25.7 Å².